The summed E-state index contributed by atoms with van der Waals surface area (Å²) in [6.07, 6.45) is 0. The van der Waals surface area contributed by atoms with E-state index in [1.54, 1.807) is 31.2 Å². The first-order valence-corrected chi connectivity index (χ1v) is 9.26. The lowest BCUT2D eigenvalue weighted by atomic mass is 9.90. The van der Waals surface area contributed by atoms with Crippen molar-refractivity contribution >= 4 is 23.5 Å². The van der Waals surface area contributed by atoms with E-state index in [1.807, 2.05) is 30.3 Å². The Hall–Kier alpha value is -3.61. The van der Waals surface area contributed by atoms with E-state index in [0.717, 1.165) is 11.1 Å². The molecule has 1 heterocycles. The van der Waals surface area contributed by atoms with Crippen molar-refractivity contribution in [3.63, 3.8) is 0 Å². The lowest BCUT2D eigenvalue weighted by Gasteiger charge is -2.29. The van der Waals surface area contributed by atoms with Crippen molar-refractivity contribution < 1.29 is 23.9 Å². The SMILES string of the molecule is CCOC(=O)COc1ccc([C@@H]2NC(=O)NC(c3ccccc3)=C2C(C)=O)cc1. The number of hydrogen-bond acceptors (Lipinski definition) is 5. The summed E-state index contributed by atoms with van der Waals surface area (Å²) < 4.78 is 10.2. The minimum Gasteiger partial charge on any atom is -0.482 e. The number of carbonyl (C=O) groups excluding carboxylic acids is 3. The Labute approximate surface area is 168 Å². The zero-order valence-electron chi connectivity index (χ0n) is 16.2. The van der Waals surface area contributed by atoms with Gasteiger partial charge in [-0.2, -0.15) is 0 Å². The van der Waals surface area contributed by atoms with Crippen LogP contribution in [0.4, 0.5) is 4.79 Å². The molecule has 1 atom stereocenters. The van der Waals surface area contributed by atoms with Crippen LogP contribution in [0.15, 0.2) is 60.2 Å². The minimum atomic E-state index is -0.601. The molecule has 0 radical (unpaired) electrons. The van der Waals surface area contributed by atoms with E-state index in [9.17, 15) is 14.4 Å². The molecule has 0 spiro atoms. The molecule has 7 nitrogen and oxygen atoms in total. The van der Waals surface area contributed by atoms with Crippen LogP contribution < -0.4 is 15.4 Å². The van der Waals surface area contributed by atoms with Crippen molar-refractivity contribution in [3.8, 4) is 5.75 Å². The monoisotopic (exact) mass is 394 g/mol. The molecule has 2 aromatic carbocycles. The molecule has 0 fully saturated rings. The molecule has 2 aromatic rings. The number of carbonyl (C=O) groups is 3. The third kappa shape index (κ3) is 4.82. The molecular weight excluding hydrogens is 372 g/mol. The fourth-order valence-electron chi connectivity index (χ4n) is 3.13. The first kappa shape index (κ1) is 20.1. The molecule has 1 aliphatic rings. The second kappa shape index (κ2) is 9.05. The number of Topliss-reactive ketones (excluding diaryl/α,β-unsaturated/α-hetero) is 1. The predicted molar refractivity (Wildman–Crippen MR) is 107 cm³/mol. The van der Waals surface area contributed by atoms with E-state index >= 15 is 0 Å². The van der Waals surface area contributed by atoms with E-state index in [4.69, 9.17) is 9.47 Å². The number of hydrogen-bond donors (Lipinski definition) is 2. The topological polar surface area (TPSA) is 93.7 Å². The van der Waals surface area contributed by atoms with Crippen molar-refractivity contribution in [2.45, 2.75) is 19.9 Å². The van der Waals surface area contributed by atoms with Gasteiger partial charge in [0.25, 0.3) is 0 Å². The van der Waals surface area contributed by atoms with Gasteiger partial charge in [-0.1, -0.05) is 42.5 Å². The van der Waals surface area contributed by atoms with Crippen LogP contribution in [0.1, 0.15) is 31.0 Å². The lowest BCUT2D eigenvalue weighted by molar-refractivity contribution is -0.145. The van der Waals surface area contributed by atoms with Crippen LogP contribution in [0.3, 0.4) is 0 Å². The molecule has 0 bridgehead atoms. The third-order valence-corrected chi connectivity index (χ3v) is 4.39. The quantitative estimate of drug-likeness (QED) is 0.704. The number of benzene rings is 2. The number of amides is 2. The van der Waals surface area contributed by atoms with Crippen molar-refractivity contribution in [2.24, 2.45) is 0 Å². The fourth-order valence-corrected chi connectivity index (χ4v) is 3.13. The second-order valence-electron chi connectivity index (χ2n) is 6.41. The Morgan fingerprint density at radius 3 is 2.34 bits per heavy atom. The smallest absolute Gasteiger partial charge is 0.344 e. The van der Waals surface area contributed by atoms with Crippen molar-refractivity contribution in [1.29, 1.82) is 0 Å². The zero-order valence-corrected chi connectivity index (χ0v) is 16.2. The van der Waals surface area contributed by atoms with Gasteiger partial charge in [0.1, 0.15) is 5.75 Å². The van der Waals surface area contributed by atoms with E-state index < -0.39 is 12.0 Å². The van der Waals surface area contributed by atoms with Crippen molar-refractivity contribution in [2.75, 3.05) is 13.2 Å². The first-order valence-electron chi connectivity index (χ1n) is 9.26. The molecular formula is C22H22N2O5. The van der Waals surface area contributed by atoms with Gasteiger partial charge < -0.3 is 20.1 Å². The van der Waals surface area contributed by atoms with E-state index in [2.05, 4.69) is 10.6 Å². The molecule has 0 saturated carbocycles. The zero-order chi connectivity index (χ0) is 20.8. The average molecular weight is 394 g/mol. The molecule has 29 heavy (non-hydrogen) atoms. The summed E-state index contributed by atoms with van der Waals surface area (Å²) in [5.41, 5.74) is 2.44. The Morgan fingerprint density at radius 1 is 1.03 bits per heavy atom. The van der Waals surface area contributed by atoms with E-state index in [-0.39, 0.29) is 18.4 Å². The van der Waals surface area contributed by atoms with Crippen molar-refractivity contribution in [3.05, 3.63) is 71.3 Å². The Morgan fingerprint density at radius 2 is 1.72 bits per heavy atom. The molecule has 3 rings (SSSR count). The lowest BCUT2D eigenvalue weighted by Crippen LogP contribution is -2.44. The summed E-state index contributed by atoms with van der Waals surface area (Å²) in [4.78, 5) is 36.1. The Balaban J connectivity index is 1.89. The number of nitrogens with one attached hydrogen (secondary N) is 2. The predicted octanol–water partition coefficient (Wildman–Crippen LogP) is 2.98. The summed E-state index contributed by atoms with van der Waals surface area (Å²) in [5, 5.41) is 5.56. The molecule has 0 saturated heterocycles. The molecule has 2 amide bonds. The highest BCUT2D eigenvalue weighted by molar-refractivity contribution is 6.06. The molecule has 0 unspecified atom stereocenters. The highest BCUT2D eigenvalue weighted by Crippen LogP contribution is 2.32. The highest BCUT2D eigenvalue weighted by Gasteiger charge is 2.31. The van der Waals surface area contributed by atoms with Gasteiger partial charge in [0.15, 0.2) is 12.4 Å². The molecule has 0 aliphatic carbocycles. The third-order valence-electron chi connectivity index (χ3n) is 4.39. The van der Waals surface area contributed by atoms with Gasteiger partial charge in [-0.3, -0.25) is 4.79 Å². The molecule has 150 valence electrons. The van der Waals surface area contributed by atoms with Crippen LogP contribution in [0.2, 0.25) is 0 Å². The van der Waals surface area contributed by atoms with Gasteiger partial charge >= 0.3 is 12.0 Å². The molecule has 7 heteroatoms. The van der Waals surface area contributed by atoms with Gasteiger partial charge in [-0.05, 0) is 37.1 Å². The molecule has 1 aliphatic heterocycles. The minimum absolute atomic E-state index is 0.149. The Kier molecular flexibility index (Phi) is 6.29. The van der Waals surface area contributed by atoms with Gasteiger partial charge in [-0.15, -0.1) is 0 Å². The van der Waals surface area contributed by atoms with Crippen LogP contribution in [0.5, 0.6) is 5.75 Å². The normalized spacial score (nSPS) is 15.9. The average Bonchev–Trinajstić information content (AvgIpc) is 2.72. The van der Waals surface area contributed by atoms with Gasteiger partial charge in [0, 0.05) is 5.57 Å². The number of ketones is 1. The summed E-state index contributed by atoms with van der Waals surface area (Å²) in [5.74, 6) is -0.112. The first-order chi connectivity index (χ1) is 14.0. The number of ether oxygens (including phenoxy) is 2. The van der Waals surface area contributed by atoms with Crippen LogP contribution in [0.25, 0.3) is 5.70 Å². The van der Waals surface area contributed by atoms with Crippen LogP contribution in [-0.4, -0.2) is 31.0 Å². The maximum absolute atomic E-state index is 12.5. The van der Waals surface area contributed by atoms with Gasteiger partial charge in [0.05, 0.1) is 18.3 Å². The van der Waals surface area contributed by atoms with Crippen LogP contribution in [0, 0.1) is 0 Å². The number of rotatable bonds is 7. The standard InChI is InChI=1S/C22H22N2O5/c1-3-28-18(26)13-29-17-11-9-16(10-12-17)21-19(14(2)25)20(23-22(27)24-21)15-7-5-4-6-8-15/h4-12,21H,3,13H2,1-2H3,(H2,23,24,27)/t21-/m0/s1. The number of urea groups is 1. The van der Waals surface area contributed by atoms with Gasteiger partial charge in [0.2, 0.25) is 0 Å². The molecule has 0 aromatic heterocycles. The number of esters is 1. The van der Waals surface area contributed by atoms with Crippen molar-refractivity contribution in [1.82, 2.24) is 10.6 Å². The Bertz CT molecular complexity index is 935. The van der Waals surface area contributed by atoms with Gasteiger partial charge in [-0.25, -0.2) is 9.59 Å². The van der Waals surface area contributed by atoms with Crippen LogP contribution in [-0.2, 0) is 14.3 Å². The summed E-state index contributed by atoms with van der Waals surface area (Å²) in [7, 11) is 0. The molecule has 2 N–H and O–H groups in total. The van der Waals surface area contributed by atoms with Crippen LogP contribution >= 0.6 is 0 Å². The highest BCUT2D eigenvalue weighted by atomic mass is 16.6. The fraction of sp³-hybridized carbons (Fsp3) is 0.227. The maximum Gasteiger partial charge on any atom is 0.344 e. The summed E-state index contributed by atoms with van der Waals surface area (Å²) in [6, 6.07) is 15.1. The maximum atomic E-state index is 12.5. The van der Waals surface area contributed by atoms with E-state index in [1.165, 1.54) is 6.92 Å². The summed E-state index contributed by atoms with van der Waals surface area (Å²) in [6.45, 7) is 3.31. The van der Waals surface area contributed by atoms with E-state index in [0.29, 0.717) is 23.6 Å². The summed E-state index contributed by atoms with van der Waals surface area (Å²) >= 11 is 0. The second-order valence-corrected chi connectivity index (χ2v) is 6.41. The largest absolute Gasteiger partial charge is 0.482 e.